The number of hydrogen-bond acceptors (Lipinski definition) is 3. The summed E-state index contributed by atoms with van der Waals surface area (Å²) in [6.07, 6.45) is 6.36. The van der Waals surface area contributed by atoms with Crippen LogP contribution in [0.1, 0.15) is 45.4 Å². The number of phosphoric ester groups is 1. The van der Waals surface area contributed by atoms with Gasteiger partial charge in [-0.1, -0.05) is 39.0 Å². The van der Waals surface area contributed by atoms with Gasteiger partial charge < -0.3 is 14.3 Å². The Balaban J connectivity index is 0. The van der Waals surface area contributed by atoms with Gasteiger partial charge in [-0.25, -0.2) is 0 Å². The molecular formula is C8H18KO4P. The number of unbranched alkanes of at least 4 members (excludes halogenated alkanes) is 5. The Morgan fingerprint density at radius 3 is 2.21 bits per heavy atom. The third-order valence-electron chi connectivity index (χ3n) is 1.75. The Hall–Kier alpha value is 1.75. The summed E-state index contributed by atoms with van der Waals surface area (Å²) >= 11 is 0. The van der Waals surface area contributed by atoms with E-state index < -0.39 is 7.82 Å². The van der Waals surface area contributed by atoms with Crippen molar-refractivity contribution < 1.29 is 70.3 Å². The van der Waals surface area contributed by atoms with E-state index in [0.29, 0.717) is 6.42 Å². The maximum atomic E-state index is 10.1. The summed E-state index contributed by atoms with van der Waals surface area (Å²) in [6.45, 7) is 2.24. The predicted octanol–water partition coefficient (Wildman–Crippen LogP) is -1.17. The van der Waals surface area contributed by atoms with Crippen LogP contribution in [0.2, 0.25) is 0 Å². The van der Waals surface area contributed by atoms with Crippen LogP contribution in [0.15, 0.2) is 0 Å². The maximum Gasteiger partial charge on any atom is 1.00 e. The number of rotatable bonds is 8. The monoisotopic (exact) mass is 248 g/mol. The van der Waals surface area contributed by atoms with Crippen molar-refractivity contribution >= 4 is 7.82 Å². The Morgan fingerprint density at radius 1 is 1.21 bits per heavy atom. The fourth-order valence-corrected chi connectivity index (χ4v) is 1.42. The SMILES string of the molecule is CCCCCCCCOP(=O)([O-])O.[K+]. The van der Waals surface area contributed by atoms with Crippen LogP contribution in [-0.4, -0.2) is 11.5 Å². The molecule has 0 amide bonds. The second-order valence-electron chi connectivity index (χ2n) is 3.07. The smallest absolute Gasteiger partial charge is 0.756 e. The zero-order valence-corrected chi connectivity index (χ0v) is 13.1. The van der Waals surface area contributed by atoms with Gasteiger partial charge in [0.05, 0.1) is 6.61 Å². The van der Waals surface area contributed by atoms with Crippen LogP contribution in [-0.2, 0) is 9.09 Å². The van der Waals surface area contributed by atoms with E-state index in [4.69, 9.17) is 4.89 Å². The van der Waals surface area contributed by atoms with Gasteiger partial charge in [0, 0.05) is 0 Å². The molecule has 0 saturated carbocycles. The van der Waals surface area contributed by atoms with Gasteiger partial charge in [-0.05, 0) is 6.42 Å². The zero-order valence-electron chi connectivity index (χ0n) is 9.07. The summed E-state index contributed by atoms with van der Waals surface area (Å²) < 4.78 is 14.3. The van der Waals surface area contributed by atoms with Crippen LogP contribution in [0.25, 0.3) is 0 Å². The molecule has 0 heterocycles. The van der Waals surface area contributed by atoms with E-state index in [9.17, 15) is 9.46 Å². The Morgan fingerprint density at radius 2 is 1.71 bits per heavy atom. The minimum Gasteiger partial charge on any atom is -0.756 e. The standard InChI is InChI=1S/C8H19O4P.K/c1-2-3-4-5-6-7-8-12-13(9,10)11;/h2-8H2,1H3,(H2,9,10,11);/q;+1/p-1. The van der Waals surface area contributed by atoms with Gasteiger partial charge in [0.1, 0.15) is 0 Å². The molecule has 14 heavy (non-hydrogen) atoms. The van der Waals surface area contributed by atoms with Crippen molar-refractivity contribution in [2.45, 2.75) is 45.4 Å². The first kappa shape index (κ1) is 18.1. The summed E-state index contributed by atoms with van der Waals surface area (Å²) in [5, 5.41) is 0. The molecule has 0 aliphatic carbocycles. The molecule has 1 N–H and O–H groups in total. The van der Waals surface area contributed by atoms with Crippen molar-refractivity contribution in [2.24, 2.45) is 0 Å². The van der Waals surface area contributed by atoms with Crippen LogP contribution in [0.5, 0.6) is 0 Å². The minimum absolute atomic E-state index is 0. The molecule has 0 aromatic heterocycles. The van der Waals surface area contributed by atoms with Crippen molar-refractivity contribution in [1.82, 2.24) is 0 Å². The molecule has 80 valence electrons. The molecular weight excluding hydrogens is 230 g/mol. The van der Waals surface area contributed by atoms with Gasteiger partial charge in [0.25, 0.3) is 7.82 Å². The van der Waals surface area contributed by atoms with E-state index in [-0.39, 0.29) is 58.0 Å². The Labute approximate surface area is 128 Å². The molecule has 0 aromatic rings. The van der Waals surface area contributed by atoms with E-state index in [0.717, 1.165) is 12.8 Å². The van der Waals surface area contributed by atoms with E-state index in [1.165, 1.54) is 19.3 Å². The fraction of sp³-hybridized carbons (Fsp3) is 1.00. The third-order valence-corrected chi connectivity index (χ3v) is 2.26. The second kappa shape index (κ2) is 11.2. The molecule has 0 radical (unpaired) electrons. The second-order valence-corrected chi connectivity index (χ2v) is 4.26. The van der Waals surface area contributed by atoms with Gasteiger partial charge in [0.2, 0.25) is 0 Å². The summed E-state index contributed by atoms with van der Waals surface area (Å²) in [4.78, 5) is 18.4. The van der Waals surface area contributed by atoms with Gasteiger partial charge in [0.15, 0.2) is 0 Å². The molecule has 1 unspecified atom stereocenters. The first-order chi connectivity index (χ1) is 6.06. The number of hydrogen-bond donors (Lipinski definition) is 1. The summed E-state index contributed by atoms with van der Waals surface area (Å²) in [5.74, 6) is 0. The van der Waals surface area contributed by atoms with Crippen molar-refractivity contribution in [3.05, 3.63) is 0 Å². The van der Waals surface area contributed by atoms with Gasteiger partial charge in [-0.2, -0.15) is 0 Å². The van der Waals surface area contributed by atoms with Gasteiger partial charge in [-0.15, -0.1) is 0 Å². The predicted molar refractivity (Wildman–Crippen MR) is 49.2 cm³/mol. The average Bonchev–Trinajstić information content (AvgIpc) is 2.01. The molecule has 4 nitrogen and oxygen atoms in total. The molecule has 1 atom stereocenters. The molecule has 0 aromatic carbocycles. The Bertz CT molecular complexity index is 159. The Kier molecular flexibility index (Phi) is 14.5. The molecule has 0 rings (SSSR count). The van der Waals surface area contributed by atoms with Crippen LogP contribution in [0.3, 0.4) is 0 Å². The molecule has 0 bridgehead atoms. The van der Waals surface area contributed by atoms with E-state index in [1.54, 1.807) is 0 Å². The number of phosphoric acid groups is 1. The summed E-state index contributed by atoms with van der Waals surface area (Å²) in [7, 11) is -4.48. The fourth-order valence-electron chi connectivity index (χ4n) is 1.06. The van der Waals surface area contributed by atoms with Gasteiger partial charge in [-0.3, -0.25) is 4.57 Å². The van der Waals surface area contributed by atoms with Crippen molar-refractivity contribution in [3.63, 3.8) is 0 Å². The van der Waals surface area contributed by atoms with E-state index in [2.05, 4.69) is 11.4 Å². The molecule has 0 fully saturated rings. The van der Waals surface area contributed by atoms with Crippen LogP contribution < -0.4 is 56.3 Å². The van der Waals surface area contributed by atoms with E-state index in [1.807, 2.05) is 0 Å². The molecule has 6 heteroatoms. The van der Waals surface area contributed by atoms with Gasteiger partial charge >= 0.3 is 51.4 Å². The largest absolute Gasteiger partial charge is 1.00 e. The zero-order chi connectivity index (χ0) is 10.2. The maximum absolute atomic E-state index is 10.1. The molecule has 0 spiro atoms. The van der Waals surface area contributed by atoms with Crippen molar-refractivity contribution in [3.8, 4) is 0 Å². The van der Waals surface area contributed by atoms with Crippen molar-refractivity contribution in [2.75, 3.05) is 6.61 Å². The summed E-state index contributed by atoms with van der Waals surface area (Å²) in [5.41, 5.74) is 0. The van der Waals surface area contributed by atoms with E-state index >= 15 is 0 Å². The molecule has 0 aliphatic rings. The first-order valence-electron chi connectivity index (χ1n) is 4.74. The van der Waals surface area contributed by atoms with Crippen molar-refractivity contribution in [1.29, 1.82) is 0 Å². The van der Waals surface area contributed by atoms with Crippen LogP contribution in [0, 0.1) is 0 Å². The summed E-state index contributed by atoms with van der Waals surface area (Å²) in [6, 6.07) is 0. The average molecular weight is 248 g/mol. The van der Waals surface area contributed by atoms with Crippen LogP contribution in [0.4, 0.5) is 0 Å². The first-order valence-corrected chi connectivity index (χ1v) is 6.24. The molecule has 0 saturated heterocycles. The molecule has 0 aliphatic heterocycles. The minimum atomic E-state index is -4.48. The van der Waals surface area contributed by atoms with Crippen LogP contribution >= 0.6 is 7.82 Å². The normalized spacial score (nSPS) is 14.5. The quantitative estimate of drug-likeness (QED) is 0.334. The third kappa shape index (κ3) is 16.2. The topological polar surface area (TPSA) is 69.6 Å².